The number of nitrogens with zero attached hydrogens (tertiary/aromatic N) is 3. The summed E-state index contributed by atoms with van der Waals surface area (Å²) >= 11 is 0. The number of anilines is 3. The zero-order valence-corrected chi connectivity index (χ0v) is 14.4. The lowest BCUT2D eigenvalue weighted by Crippen LogP contribution is -2.51. The van der Waals surface area contributed by atoms with Gasteiger partial charge in [-0.05, 0) is 30.9 Å². The fourth-order valence-electron chi connectivity index (χ4n) is 2.29. The second kappa shape index (κ2) is 8.64. The van der Waals surface area contributed by atoms with Crippen molar-refractivity contribution >= 4 is 34.1 Å². The first-order valence-corrected chi connectivity index (χ1v) is 8.75. The molecule has 1 aromatic rings. The predicted molar refractivity (Wildman–Crippen MR) is 85.6 cm³/mol. The zero-order chi connectivity index (χ0) is 17.7. The van der Waals surface area contributed by atoms with E-state index in [0.29, 0.717) is 10.5 Å². The van der Waals surface area contributed by atoms with E-state index in [4.69, 9.17) is 15.0 Å². The third-order valence-electron chi connectivity index (χ3n) is 3.26. The number of carbonyl (C=O) groups excluding carboxylic acids is 1. The first-order valence-electron chi connectivity index (χ1n) is 7.39. The number of aromatic nitrogens is 2. The van der Waals surface area contributed by atoms with Crippen molar-refractivity contribution in [3.05, 3.63) is 6.07 Å². The molecule has 1 amide bonds. The molecule has 0 aliphatic carbocycles. The minimum atomic E-state index is -4.87. The Kier molecular flexibility index (Phi) is 7.14. The Morgan fingerprint density at radius 3 is 2.64 bits per heavy atom. The van der Waals surface area contributed by atoms with Crippen LogP contribution in [0.4, 0.5) is 22.4 Å². The van der Waals surface area contributed by atoms with Gasteiger partial charge in [0.15, 0.2) is 5.82 Å². The van der Waals surface area contributed by atoms with Gasteiger partial charge in [0, 0.05) is 13.1 Å². The van der Waals surface area contributed by atoms with Gasteiger partial charge >= 0.3 is 22.4 Å². The summed E-state index contributed by atoms with van der Waals surface area (Å²) in [6.07, 6.45) is 2.21. The maximum Gasteiger partial charge on any atom is 0.474 e. The van der Waals surface area contributed by atoms with Crippen molar-refractivity contribution in [1.82, 2.24) is 4.98 Å². The maximum atomic E-state index is 11.6. The number of amides is 1. The SMILES string of the molecule is CCOC(=O)Nc1nc(N2CCCCC2)cc(N)[n+]1OS(=O)(=O)O.[OH-]. The van der Waals surface area contributed by atoms with Gasteiger partial charge in [-0.25, -0.2) is 9.08 Å². The molecule has 0 saturated carbocycles. The number of nitrogens with two attached hydrogens (primary N) is 1. The van der Waals surface area contributed by atoms with Gasteiger partial charge in [-0.3, -0.25) is 4.55 Å². The van der Waals surface area contributed by atoms with Crippen molar-refractivity contribution in [3.63, 3.8) is 0 Å². The van der Waals surface area contributed by atoms with Crippen LogP contribution in [0.5, 0.6) is 0 Å². The highest BCUT2D eigenvalue weighted by molar-refractivity contribution is 7.80. The number of piperidine rings is 1. The molecular formula is C12H21N5O7S. The molecule has 0 radical (unpaired) electrons. The molecule has 2 heterocycles. The fraction of sp³-hybridized carbons (Fsp3) is 0.583. The molecule has 1 aliphatic rings. The smallest absolute Gasteiger partial charge is 0.474 e. The Morgan fingerprint density at radius 2 is 2.08 bits per heavy atom. The Balaban J connectivity index is 0.00000312. The van der Waals surface area contributed by atoms with Crippen LogP contribution < -0.4 is 25.0 Å². The molecular weight excluding hydrogens is 358 g/mol. The lowest BCUT2D eigenvalue weighted by molar-refractivity contribution is -0.835. The molecule has 0 atom stereocenters. The van der Waals surface area contributed by atoms with Gasteiger partial charge < -0.3 is 20.8 Å². The lowest BCUT2D eigenvalue weighted by atomic mass is 10.1. The standard InChI is InChI=1S/C12H19N5O6S.H2O/c1-2-22-12(18)15-11-14-10(16-6-4-3-5-7-16)8-9(13)17(11)23-24(19,20)21;/h8H,2-7H2,1H3,(H3,13,14,15,18,19,20,21);1H2. The fourth-order valence-corrected chi connectivity index (χ4v) is 2.64. The average Bonchev–Trinajstić information content (AvgIpc) is 2.50. The summed E-state index contributed by atoms with van der Waals surface area (Å²) in [5.41, 5.74) is 5.79. The van der Waals surface area contributed by atoms with Crippen molar-refractivity contribution in [3.8, 4) is 0 Å². The summed E-state index contributed by atoms with van der Waals surface area (Å²) in [6, 6.07) is 1.40. The van der Waals surface area contributed by atoms with E-state index in [0.717, 1.165) is 32.4 Å². The van der Waals surface area contributed by atoms with E-state index in [2.05, 4.69) is 14.6 Å². The molecule has 2 rings (SSSR count). The molecule has 1 fully saturated rings. The van der Waals surface area contributed by atoms with E-state index in [9.17, 15) is 13.2 Å². The Morgan fingerprint density at radius 1 is 1.44 bits per heavy atom. The molecule has 0 unspecified atom stereocenters. The monoisotopic (exact) mass is 379 g/mol. The highest BCUT2D eigenvalue weighted by atomic mass is 32.3. The van der Waals surface area contributed by atoms with Crippen LogP contribution in [0.2, 0.25) is 0 Å². The van der Waals surface area contributed by atoms with Gasteiger partial charge in [0.1, 0.15) is 0 Å². The number of carbonyl (C=O) groups is 1. The molecule has 5 N–H and O–H groups in total. The van der Waals surface area contributed by atoms with Crippen molar-refractivity contribution in [2.24, 2.45) is 0 Å². The van der Waals surface area contributed by atoms with Crippen LogP contribution in [-0.4, -0.2) is 49.2 Å². The Bertz CT molecular complexity index is 706. The van der Waals surface area contributed by atoms with Gasteiger partial charge in [-0.15, -0.1) is 0 Å². The molecule has 1 saturated heterocycles. The van der Waals surface area contributed by atoms with E-state index in [1.807, 2.05) is 4.90 Å². The van der Waals surface area contributed by atoms with Crippen molar-refractivity contribution in [1.29, 1.82) is 0 Å². The summed E-state index contributed by atoms with van der Waals surface area (Å²) in [6.45, 7) is 3.23. The minimum absolute atomic E-state index is 0. The van der Waals surface area contributed by atoms with Gasteiger partial charge in [-0.1, -0.05) is 4.98 Å². The van der Waals surface area contributed by atoms with Crippen LogP contribution in [0.3, 0.4) is 0 Å². The molecule has 1 aromatic heterocycles. The molecule has 0 bridgehead atoms. The first-order chi connectivity index (χ1) is 11.3. The minimum Gasteiger partial charge on any atom is -0.870 e. The number of hydrogen-bond donors (Lipinski definition) is 3. The zero-order valence-electron chi connectivity index (χ0n) is 13.6. The van der Waals surface area contributed by atoms with Gasteiger partial charge in [0.05, 0.1) is 12.7 Å². The molecule has 142 valence electrons. The van der Waals surface area contributed by atoms with Crippen LogP contribution in [0.1, 0.15) is 26.2 Å². The molecule has 0 aromatic carbocycles. The summed E-state index contributed by atoms with van der Waals surface area (Å²) < 4.78 is 40.4. The predicted octanol–water partition coefficient (Wildman–Crippen LogP) is -0.435. The highest BCUT2D eigenvalue weighted by Crippen LogP contribution is 2.20. The molecule has 25 heavy (non-hydrogen) atoms. The number of ether oxygens (including phenoxy) is 1. The summed E-state index contributed by atoms with van der Waals surface area (Å²) in [7, 11) is -4.87. The quantitative estimate of drug-likeness (QED) is 0.449. The van der Waals surface area contributed by atoms with Gasteiger partial charge in [-0.2, -0.15) is 13.7 Å². The highest BCUT2D eigenvalue weighted by Gasteiger charge is 2.27. The number of rotatable bonds is 5. The number of nitrogen functional groups attached to an aromatic ring is 1. The van der Waals surface area contributed by atoms with E-state index in [-0.39, 0.29) is 23.8 Å². The van der Waals surface area contributed by atoms with Crippen LogP contribution in [0, 0.1) is 0 Å². The third-order valence-corrected chi connectivity index (χ3v) is 3.60. The van der Waals surface area contributed by atoms with E-state index in [1.54, 1.807) is 6.92 Å². The summed E-state index contributed by atoms with van der Waals surface area (Å²) in [5.74, 6) is -0.0455. The molecule has 0 spiro atoms. The topological polar surface area (TPSA) is 178 Å². The summed E-state index contributed by atoms with van der Waals surface area (Å²) in [4.78, 5) is 17.7. The first kappa shape index (κ1) is 20.7. The second-order valence-electron chi connectivity index (χ2n) is 5.05. The number of nitrogens with one attached hydrogen (secondary N) is 1. The normalized spacial score (nSPS) is 14.4. The van der Waals surface area contributed by atoms with E-state index < -0.39 is 16.5 Å². The van der Waals surface area contributed by atoms with E-state index in [1.165, 1.54) is 6.07 Å². The van der Waals surface area contributed by atoms with Gasteiger partial charge in [0.25, 0.3) is 0 Å². The second-order valence-corrected chi connectivity index (χ2v) is 6.06. The van der Waals surface area contributed by atoms with E-state index >= 15 is 0 Å². The van der Waals surface area contributed by atoms with Crippen LogP contribution in [-0.2, 0) is 15.1 Å². The van der Waals surface area contributed by atoms with Gasteiger partial charge in [0.2, 0.25) is 5.82 Å². The molecule has 13 heteroatoms. The Hall–Kier alpha value is -2.38. The van der Waals surface area contributed by atoms with Crippen LogP contribution in [0.25, 0.3) is 0 Å². The largest absolute Gasteiger partial charge is 0.870 e. The van der Waals surface area contributed by atoms with Crippen LogP contribution >= 0.6 is 0 Å². The molecule has 12 nitrogen and oxygen atoms in total. The van der Waals surface area contributed by atoms with Crippen molar-refractivity contribution < 1.29 is 37.0 Å². The number of hydrogen-bond acceptors (Lipinski definition) is 9. The van der Waals surface area contributed by atoms with Crippen molar-refractivity contribution in [2.45, 2.75) is 26.2 Å². The average molecular weight is 379 g/mol. The molecule has 1 aliphatic heterocycles. The lowest BCUT2D eigenvalue weighted by Gasteiger charge is -2.26. The summed E-state index contributed by atoms with van der Waals surface area (Å²) in [5, 5.41) is 2.24. The Labute approximate surface area is 144 Å². The maximum absolute atomic E-state index is 11.6. The van der Waals surface area contributed by atoms with Crippen LogP contribution in [0.15, 0.2) is 6.07 Å². The third kappa shape index (κ3) is 5.88. The van der Waals surface area contributed by atoms with Crippen molar-refractivity contribution in [2.75, 3.05) is 35.6 Å².